The van der Waals surface area contributed by atoms with Gasteiger partial charge in [0.2, 0.25) is 0 Å². The number of urea groups is 1. The molecule has 70 valence electrons. The molecular weight excluding hydrogens is 166 g/mol. The van der Waals surface area contributed by atoms with Crippen LogP contribution in [0.15, 0.2) is 11.3 Å². The number of amides is 2. The molecule has 1 aliphatic carbocycles. The smallest absolute Gasteiger partial charge is 0.317 e. The van der Waals surface area contributed by atoms with Gasteiger partial charge in [-0.1, -0.05) is 6.42 Å². The van der Waals surface area contributed by atoms with Gasteiger partial charge in [0, 0.05) is 0 Å². The third kappa shape index (κ3) is 2.79. The van der Waals surface area contributed by atoms with Gasteiger partial charge in [0.25, 0.3) is 0 Å². The Kier molecular flexibility index (Phi) is 3.32. The Balaban J connectivity index is 2.71. The molecule has 1 fully saturated rings. The first kappa shape index (κ1) is 9.59. The highest BCUT2D eigenvalue weighted by Crippen LogP contribution is 2.24. The number of rotatable bonds is 1. The third-order valence-electron chi connectivity index (χ3n) is 2.17. The molecule has 0 aliphatic heterocycles. The summed E-state index contributed by atoms with van der Waals surface area (Å²) in [5.74, 6) is 0. The van der Waals surface area contributed by atoms with Crippen LogP contribution in [0.3, 0.4) is 0 Å². The first-order valence-corrected chi connectivity index (χ1v) is 4.42. The molecule has 0 unspecified atom stereocenters. The van der Waals surface area contributed by atoms with Crippen molar-refractivity contribution in [3.63, 3.8) is 0 Å². The fourth-order valence-electron chi connectivity index (χ4n) is 1.55. The SMILES string of the molecule is N#CC(NC(N)=O)=C1CCCCC1. The normalized spacial score (nSPS) is 16.1. The van der Waals surface area contributed by atoms with Gasteiger partial charge in [0.15, 0.2) is 0 Å². The summed E-state index contributed by atoms with van der Waals surface area (Å²) >= 11 is 0. The maximum Gasteiger partial charge on any atom is 0.317 e. The number of hydrogen-bond donors (Lipinski definition) is 2. The van der Waals surface area contributed by atoms with Crippen molar-refractivity contribution in [2.75, 3.05) is 0 Å². The largest absolute Gasteiger partial charge is 0.351 e. The van der Waals surface area contributed by atoms with Crippen LogP contribution in [0.5, 0.6) is 0 Å². The molecule has 1 aliphatic rings. The number of carbonyl (C=O) groups excluding carboxylic acids is 1. The zero-order valence-electron chi connectivity index (χ0n) is 7.47. The highest BCUT2D eigenvalue weighted by atomic mass is 16.2. The fourth-order valence-corrected chi connectivity index (χ4v) is 1.55. The molecule has 0 bridgehead atoms. The predicted octanol–water partition coefficient (Wildman–Crippen LogP) is 1.40. The maximum absolute atomic E-state index is 10.5. The van der Waals surface area contributed by atoms with Crippen LogP contribution in [-0.4, -0.2) is 6.03 Å². The average molecular weight is 179 g/mol. The van der Waals surface area contributed by atoms with Crippen molar-refractivity contribution in [2.24, 2.45) is 5.73 Å². The van der Waals surface area contributed by atoms with E-state index in [1.54, 1.807) is 0 Å². The molecule has 0 radical (unpaired) electrons. The molecule has 0 saturated heterocycles. The summed E-state index contributed by atoms with van der Waals surface area (Å²) in [6.45, 7) is 0. The van der Waals surface area contributed by atoms with E-state index in [0.717, 1.165) is 31.3 Å². The molecule has 0 atom stereocenters. The summed E-state index contributed by atoms with van der Waals surface area (Å²) in [6.07, 6.45) is 5.22. The van der Waals surface area contributed by atoms with E-state index in [0.29, 0.717) is 5.70 Å². The highest BCUT2D eigenvalue weighted by molar-refractivity contribution is 5.74. The van der Waals surface area contributed by atoms with E-state index in [4.69, 9.17) is 11.0 Å². The van der Waals surface area contributed by atoms with Crippen molar-refractivity contribution in [2.45, 2.75) is 32.1 Å². The zero-order chi connectivity index (χ0) is 9.68. The molecular formula is C9H13N3O. The zero-order valence-corrected chi connectivity index (χ0v) is 7.47. The number of allylic oxidation sites excluding steroid dienone is 2. The van der Waals surface area contributed by atoms with Crippen LogP contribution in [0.4, 0.5) is 4.79 Å². The number of nitrogens with one attached hydrogen (secondary N) is 1. The highest BCUT2D eigenvalue weighted by Gasteiger charge is 2.11. The molecule has 0 aromatic rings. The lowest BCUT2D eigenvalue weighted by Gasteiger charge is -2.15. The number of nitrogens with two attached hydrogens (primary N) is 1. The van der Waals surface area contributed by atoms with Crippen LogP contribution in [0.2, 0.25) is 0 Å². The van der Waals surface area contributed by atoms with E-state index < -0.39 is 6.03 Å². The minimum atomic E-state index is -0.658. The first-order valence-electron chi connectivity index (χ1n) is 4.42. The molecule has 3 N–H and O–H groups in total. The lowest BCUT2D eigenvalue weighted by atomic mass is 9.93. The number of nitriles is 1. The van der Waals surface area contributed by atoms with Crippen molar-refractivity contribution in [1.29, 1.82) is 5.26 Å². The minimum absolute atomic E-state index is 0.354. The van der Waals surface area contributed by atoms with Crippen LogP contribution in [0.1, 0.15) is 32.1 Å². The van der Waals surface area contributed by atoms with Gasteiger partial charge in [-0.15, -0.1) is 0 Å². The van der Waals surface area contributed by atoms with E-state index in [9.17, 15) is 4.79 Å². The molecule has 2 amide bonds. The van der Waals surface area contributed by atoms with Crippen LogP contribution in [0.25, 0.3) is 0 Å². The van der Waals surface area contributed by atoms with E-state index in [-0.39, 0.29) is 0 Å². The van der Waals surface area contributed by atoms with Crippen LogP contribution >= 0.6 is 0 Å². The standard InChI is InChI=1S/C9H13N3O/c10-6-8(12-9(11)13)7-4-2-1-3-5-7/h1-5H2,(H3,11,12,13). The Morgan fingerprint density at radius 1 is 1.38 bits per heavy atom. The molecule has 0 aromatic heterocycles. The Labute approximate surface area is 77.4 Å². The minimum Gasteiger partial charge on any atom is -0.351 e. The van der Waals surface area contributed by atoms with E-state index in [2.05, 4.69) is 5.32 Å². The predicted molar refractivity (Wildman–Crippen MR) is 48.4 cm³/mol. The third-order valence-corrected chi connectivity index (χ3v) is 2.17. The lowest BCUT2D eigenvalue weighted by molar-refractivity contribution is 0.251. The number of hydrogen-bond acceptors (Lipinski definition) is 2. The summed E-state index contributed by atoms with van der Waals surface area (Å²) in [6, 6.07) is 1.31. The van der Waals surface area contributed by atoms with Crippen LogP contribution in [0, 0.1) is 11.3 Å². The van der Waals surface area contributed by atoms with E-state index >= 15 is 0 Å². The van der Waals surface area contributed by atoms with E-state index in [1.165, 1.54) is 6.42 Å². The summed E-state index contributed by atoms with van der Waals surface area (Å²) < 4.78 is 0. The van der Waals surface area contributed by atoms with Gasteiger partial charge in [-0.3, -0.25) is 5.32 Å². The summed E-state index contributed by atoms with van der Waals surface area (Å²) in [7, 11) is 0. The monoisotopic (exact) mass is 179 g/mol. The Morgan fingerprint density at radius 2 is 2.00 bits per heavy atom. The van der Waals surface area contributed by atoms with Crippen molar-refractivity contribution in [1.82, 2.24) is 5.32 Å². The summed E-state index contributed by atoms with van der Waals surface area (Å²) in [5.41, 5.74) is 6.33. The lowest BCUT2D eigenvalue weighted by Crippen LogP contribution is -2.29. The van der Waals surface area contributed by atoms with Gasteiger partial charge in [-0.2, -0.15) is 5.26 Å². The van der Waals surface area contributed by atoms with Crippen LogP contribution in [-0.2, 0) is 0 Å². The van der Waals surface area contributed by atoms with Crippen LogP contribution < -0.4 is 11.1 Å². The molecule has 0 heterocycles. The second-order valence-electron chi connectivity index (χ2n) is 3.14. The average Bonchev–Trinajstić information content (AvgIpc) is 2.15. The quantitative estimate of drug-likeness (QED) is 0.596. The van der Waals surface area contributed by atoms with Gasteiger partial charge in [0.05, 0.1) is 0 Å². The number of nitrogens with zero attached hydrogens (tertiary/aromatic N) is 1. The maximum atomic E-state index is 10.5. The summed E-state index contributed by atoms with van der Waals surface area (Å²) in [5, 5.41) is 11.1. The Hall–Kier alpha value is -1.50. The molecule has 13 heavy (non-hydrogen) atoms. The number of carbonyl (C=O) groups is 1. The Bertz CT molecular complexity index is 267. The fraction of sp³-hybridized carbons (Fsp3) is 0.556. The first-order chi connectivity index (χ1) is 6.24. The van der Waals surface area contributed by atoms with E-state index in [1.807, 2.05) is 6.07 Å². The van der Waals surface area contributed by atoms with Crippen molar-refractivity contribution in [3.8, 4) is 6.07 Å². The molecule has 4 heteroatoms. The summed E-state index contributed by atoms with van der Waals surface area (Å²) in [4.78, 5) is 10.5. The van der Waals surface area contributed by atoms with Gasteiger partial charge in [-0.25, -0.2) is 4.79 Å². The second-order valence-corrected chi connectivity index (χ2v) is 3.14. The molecule has 4 nitrogen and oxygen atoms in total. The molecule has 0 aromatic carbocycles. The van der Waals surface area contributed by atoms with Gasteiger partial charge < -0.3 is 5.73 Å². The molecule has 1 rings (SSSR count). The topological polar surface area (TPSA) is 78.9 Å². The second kappa shape index (κ2) is 4.51. The molecule has 1 saturated carbocycles. The molecule has 0 spiro atoms. The number of primary amides is 1. The van der Waals surface area contributed by atoms with Crippen molar-refractivity contribution < 1.29 is 4.79 Å². The van der Waals surface area contributed by atoms with Gasteiger partial charge in [0.1, 0.15) is 11.8 Å². The van der Waals surface area contributed by atoms with Gasteiger partial charge >= 0.3 is 6.03 Å². The Morgan fingerprint density at radius 3 is 2.46 bits per heavy atom. The van der Waals surface area contributed by atoms with Gasteiger partial charge in [-0.05, 0) is 31.3 Å². The van der Waals surface area contributed by atoms with Crippen molar-refractivity contribution in [3.05, 3.63) is 11.3 Å². The van der Waals surface area contributed by atoms with Crippen molar-refractivity contribution >= 4 is 6.03 Å².